The van der Waals surface area contributed by atoms with E-state index in [0.717, 1.165) is 28.9 Å². The Morgan fingerprint density at radius 1 is 0.871 bits per heavy atom. The average Bonchev–Trinajstić information content (AvgIpc) is 3.85. The molecule has 0 saturated carbocycles. The summed E-state index contributed by atoms with van der Waals surface area (Å²) in [5.74, 6) is -4.15. The van der Waals surface area contributed by atoms with Crippen LogP contribution >= 0.6 is 0 Å². The Kier molecular flexibility index (Phi) is 11.3. The summed E-state index contributed by atoms with van der Waals surface area (Å²) in [6.07, 6.45) is 1.17. The van der Waals surface area contributed by atoms with E-state index < -0.39 is 24.2 Å². The summed E-state index contributed by atoms with van der Waals surface area (Å²) in [5, 5.41) is 43.5. The van der Waals surface area contributed by atoms with E-state index in [-0.39, 0.29) is 68.9 Å². The molecule has 3 unspecified atom stereocenters. The number of benzene rings is 5. The number of aliphatic hydroxyl groups excluding tert-OH is 1. The lowest BCUT2D eigenvalue weighted by Gasteiger charge is -2.27. The number of hydrogen-bond donors (Lipinski definition) is 6. The van der Waals surface area contributed by atoms with Crippen molar-refractivity contribution >= 4 is 52.4 Å². The minimum absolute atomic E-state index is 0.00454. The number of fused-ring (bicyclic) bond motifs is 5. The first-order valence-electron chi connectivity index (χ1n) is 19.9. The summed E-state index contributed by atoms with van der Waals surface area (Å²) in [6.45, 7) is 2.14. The first-order chi connectivity index (χ1) is 29.8. The van der Waals surface area contributed by atoms with E-state index in [2.05, 4.69) is 20.9 Å². The average molecular weight is 843 g/mol. The molecule has 3 amide bonds. The minimum Gasteiger partial charge on any atom is -0.493 e. The molecule has 16 heteroatoms. The lowest BCUT2D eigenvalue weighted by atomic mass is 10.1. The number of likely N-dealkylation sites (N-methyl/N-ethyl adjacent to an activating group) is 1. The Morgan fingerprint density at radius 2 is 1.58 bits per heavy atom. The molecule has 0 aromatic heterocycles. The van der Waals surface area contributed by atoms with Gasteiger partial charge in [-0.2, -0.15) is 0 Å². The van der Waals surface area contributed by atoms with Crippen LogP contribution in [0.2, 0.25) is 0 Å². The number of carbonyl (C=O) groups is 3. The molecule has 5 aromatic rings. The summed E-state index contributed by atoms with van der Waals surface area (Å²) >= 11 is 0. The lowest BCUT2D eigenvalue weighted by molar-refractivity contribution is -0.304. The highest BCUT2D eigenvalue weighted by Crippen LogP contribution is 2.43. The smallest absolute Gasteiger partial charge is 0.351 e. The van der Waals surface area contributed by atoms with Crippen LogP contribution < -0.4 is 44.7 Å². The summed E-state index contributed by atoms with van der Waals surface area (Å²) < 4.78 is 23.1. The Hall–Kier alpha value is -6.98. The standard InChI is InChI=1S/C46H46N6O10/c1-25(47-2)42(53)50-30-17-28(45(56)61-40-22-34(48-3)32(20-38(40)59-4)43(54)51-15-14-26-10-6-8-12-36(26)51)16-29(19-30)46(57,58)62-41-23-35-33(21-39(41)60-5)44(55)52-31(24-49-35)18-27-11-7-9-13-37(27)52/h6-13,16-17,19-25,31,45,47-48,56-58H,14-15,18H2,1-5H3,(H,50,53). The maximum Gasteiger partial charge on any atom is 0.351 e. The maximum absolute atomic E-state index is 14.0. The van der Waals surface area contributed by atoms with Crippen molar-refractivity contribution in [1.82, 2.24) is 5.32 Å². The van der Waals surface area contributed by atoms with Crippen molar-refractivity contribution < 1.29 is 48.7 Å². The van der Waals surface area contributed by atoms with Gasteiger partial charge in [-0.05, 0) is 74.0 Å². The first-order valence-corrected chi connectivity index (χ1v) is 19.9. The van der Waals surface area contributed by atoms with Gasteiger partial charge < -0.3 is 55.1 Å². The monoisotopic (exact) mass is 842 g/mol. The van der Waals surface area contributed by atoms with Gasteiger partial charge in [0.15, 0.2) is 23.0 Å². The predicted octanol–water partition coefficient (Wildman–Crippen LogP) is 5.03. The molecule has 6 N–H and O–H groups in total. The number of methoxy groups -OCH3 is 2. The molecule has 5 aromatic carbocycles. The molecule has 0 spiro atoms. The van der Waals surface area contributed by atoms with E-state index in [1.165, 1.54) is 56.7 Å². The van der Waals surface area contributed by atoms with E-state index in [0.29, 0.717) is 24.2 Å². The van der Waals surface area contributed by atoms with Gasteiger partial charge in [-0.25, -0.2) is 0 Å². The van der Waals surface area contributed by atoms with Gasteiger partial charge in [-0.3, -0.25) is 24.3 Å². The molecular weight excluding hydrogens is 797 g/mol. The first kappa shape index (κ1) is 41.7. The van der Waals surface area contributed by atoms with Crippen molar-refractivity contribution in [3.8, 4) is 23.0 Å². The second-order valence-electron chi connectivity index (χ2n) is 15.0. The van der Waals surface area contributed by atoms with Gasteiger partial charge in [0, 0.05) is 61.0 Å². The van der Waals surface area contributed by atoms with Crippen molar-refractivity contribution in [1.29, 1.82) is 0 Å². The molecule has 0 fully saturated rings. The van der Waals surface area contributed by atoms with Gasteiger partial charge >= 0.3 is 5.97 Å². The summed E-state index contributed by atoms with van der Waals surface area (Å²) in [5.41, 5.74) is 4.53. The molecule has 16 nitrogen and oxygen atoms in total. The van der Waals surface area contributed by atoms with Crippen LogP contribution in [0.5, 0.6) is 23.0 Å². The van der Waals surface area contributed by atoms with Gasteiger partial charge in [-0.1, -0.05) is 36.4 Å². The van der Waals surface area contributed by atoms with E-state index in [1.807, 2.05) is 48.5 Å². The number of carbonyl (C=O) groups excluding carboxylic acids is 3. The molecule has 0 bridgehead atoms. The number of nitrogens with one attached hydrogen (secondary N) is 3. The molecule has 0 radical (unpaired) electrons. The number of anilines is 4. The highest BCUT2D eigenvalue weighted by atomic mass is 16.8. The largest absolute Gasteiger partial charge is 0.493 e. The molecule has 3 atom stereocenters. The number of rotatable bonds is 13. The lowest BCUT2D eigenvalue weighted by Crippen LogP contribution is -2.37. The van der Waals surface area contributed by atoms with Crippen molar-refractivity contribution in [2.75, 3.05) is 55.3 Å². The van der Waals surface area contributed by atoms with Gasteiger partial charge in [0.2, 0.25) is 12.2 Å². The van der Waals surface area contributed by atoms with Gasteiger partial charge in [-0.15, -0.1) is 0 Å². The van der Waals surface area contributed by atoms with Crippen LogP contribution in [-0.2, 0) is 23.6 Å². The van der Waals surface area contributed by atoms with Crippen LogP contribution in [0.25, 0.3) is 0 Å². The minimum atomic E-state index is -3.13. The number of aliphatic imine (C=N–C) groups is 1. The van der Waals surface area contributed by atoms with Crippen molar-refractivity contribution in [3.63, 3.8) is 0 Å². The Labute approximate surface area is 357 Å². The zero-order valence-corrected chi connectivity index (χ0v) is 34.6. The van der Waals surface area contributed by atoms with Crippen LogP contribution in [0.3, 0.4) is 0 Å². The molecule has 3 heterocycles. The predicted molar refractivity (Wildman–Crippen MR) is 232 cm³/mol. The maximum atomic E-state index is 14.0. The quantitative estimate of drug-likeness (QED) is 0.0865. The number of nitrogens with zero attached hydrogens (tertiary/aromatic N) is 3. The Morgan fingerprint density at radius 3 is 2.31 bits per heavy atom. The van der Waals surface area contributed by atoms with Crippen LogP contribution in [0.4, 0.5) is 28.4 Å². The Bertz CT molecular complexity index is 2610. The van der Waals surface area contributed by atoms with Gasteiger partial charge in [0.1, 0.15) is 0 Å². The van der Waals surface area contributed by atoms with Crippen LogP contribution in [0.1, 0.15) is 56.2 Å². The molecular formula is C46H46N6O10. The highest BCUT2D eigenvalue weighted by Gasteiger charge is 2.38. The zero-order chi connectivity index (χ0) is 43.9. The van der Waals surface area contributed by atoms with E-state index in [1.54, 1.807) is 37.0 Å². The molecule has 8 rings (SSSR count). The third kappa shape index (κ3) is 7.75. The van der Waals surface area contributed by atoms with Crippen LogP contribution in [0.15, 0.2) is 96.0 Å². The number of aliphatic hydroxyl groups is 3. The number of amides is 3. The summed E-state index contributed by atoms with van der Waals surface area (Å²) in [4.78, 5) is 48.9. The van der Waals surface area contributed by atoms with E-state index in [9.17, 15) is 29.7 Å². The van der Waals surface area contributed by atoms with Crippen molar-refractivity contribution in [3.05, 3.63) is 124 Å². The Balaban J connectivity index is 1.11. The third-order valence-corrected chi connectivity index (χ3v) is 11.3. The fourth-order valence-electron chi connectivity index (χ4n) is 7.88. The third-order valence-electron chi connectivity index (χ3n) is 11.3. The molecule has 62 heavy (non-hydrogen) atoms. The van der Waals surface area contributed by atoms with Crippen LogP contribution in [-0.4, -0.2) is 86.2 Å². The van der Waals surface area contributed by atoms with Crippen LogP contribution in [0, 0.1) is 0 Å². The van der Waals surface area contributed by atoms with Crippen molar-refractivity contribution in [2.24, 2.45) is 4.99 Å². The molecule has 3 aliphatic rings. The molecule has 3 aliphatic heterocycles. The van der Waals surface area contributed by atoms with E-state index in [4.69, 9.17) is 18.9 Å². The SMILES string of the molecule is CNc1cc(OC(O)c2cc(NC(=O)C(C)NC)cc(C(O)(O)Oc3cc4c(cc3OC)C(=O)N3c5ccccc5CC3C=N4)c2)c(OC)cc1C(=O)N1CCc2ccccc21. The second kappa shape index (κ2) is 16.8. The number of para-hydroxylation sites is 2. The van der Waals surface area contributed by atoms with Gasteiger partial charge in [0.25, 0.3) is 11.8 Å². The number of hydrogen-bond acceptors (Lipinski definition) is 13. The summed E-state index contributed by atoms with van der Waals surface area (Å²) in [7, 11) is 5.99. The van der Waals surface area contributed by atoms with E-state index >= 15 is 0 Å². The van der Waals surface area contributed by atoms with Gasteiger partial charge in [0.05, 0.1) is 54.4 Å². The number of ether oxygens (including phenoxy) is 4. The fraction of sp³-hybridized carbons (Fsp3) is 0.261. The molecule has 320 valence electrons. The highest BCUT2D eigenvalue weighted by molar-refractivity contribution is 6.15. The topological polar surface area (TPSA) is 204 Å². The fourth-order valence-corrected chi connectivity index (χ4v) is 7.88. The zero-order valence-electron chi connectivity index (χ0n) is 34.6. The molecule has 0 saturated heterocycles. The second-order valence-corrected chi connectivity index (χ2v) is 15.0. The van der Waals surface area contributed by atoms with Crippen molar-refractivity contribution in [2.45, 2.75) is 44.1 Å². The normalized spacial score (nSPS) is 16.0. The summed E-state index contributed by atoms with van der Waals surface area (Å²) in [6, 6.07) is 24.1. The molecule has 0 aliphatic carbocycles.